The van der Waals surface area contributed by atoms with Gasteiger partial charge < -0.3 is 10.1 Å². The maximum absolute atomic E-state index is 5.67. The molecule has 1 N–H and O–H groups in total. The van der Waals surface area contributed by atoms with Gasteiger partial charge in [0.1, 0.15) is 0 Å². The predicted molar refractivity (Wildman–Crippen MR) is 79.6 cm³/mol. The summed E-state index contributed by atoms with van der Waals surface area (Å²) in [6.07, 6.45) is 3.25. The first-order chi connectivity index (χ1) is 9.10. The molecule has 0 bridgehead atoms. The van der Waals surface area contributed by atoms with Crippen LogP contribution in [0, 0.1) is 13.8 Å². The van der Waals surface area contributed by atoms with Crippen molar-refractivity contribution in [2.75, 3.05) is 19.8 Å². The lowest BCUT2D eigenvalue weighted by molar-refractivity contribution is 0.110. The van der Waals surface area contributed by atoms with E-state index in [2.05, 4.69) is 38.1 Å². The molecule has 1 rings (SSSR count). The third kappa shape index (κ3) is 4.96. The molecule has 0 saturated carbocycles. The first-order valence-corrected chi connectivity index (χ1v) is 7.40. The molecule has 0 aliphatic heterocycles. The van der Waals surface area contributed by atoms with Crippen molar-refractivity contribution in [2.24, 2.45) is 7.05 Å². The molecule has 0 saturated heterocycles. The lowest BCUT2D eigenvalue weighted by Crippen LogP contribution is -2.34. The molecule has 0 aliphatic rings. The molecule has 1 aromatic heterocycles. The second-order valence-electron chi connectivity index (χ2n) is 5.14. The van der Waals surface area contributed by atoms with Gasteiger partial charge in [-0.25, -0.2) is 0 Å². The van der Waals surface area contributed by atoms with Gasteiger partial charge in [0.2, 0.25) is 0 Å². The van der Waals surface area contributed by atoms with Crippen molar-refractivity contribution in [1.29, 1.82) is 0 Å². The van der Waals surface area contributed by atoms with E-state index in [4.69, 9.17) is 4.74 Å². The van der Waals surface area contributed by atoms with Crippen LogP contribution >= 0.6 is 0 Å². The molecule has 1 heterocycles. The fraction of sp³-hybridized carbons (Fsp3) is 0.800. The van der Waals surface area contributed by atoms with Crippen molar-refractivity contribution in [2.45, 2.75) is 53.0 Å². The Kier molecular flexibility index (Phi) is 7.10. The zero-order valence-corrected chi connectivity index (χ0v) is 13.1. The molecule has 0 aromatic carbocycles. The maximum Gasteiger partial charge on any atom is 0.0628 e. The number of nitrogens with one attached hydrogen (secondary N) is 1. The molecular formula is C15H29N3O. The van der Waals surface area contributed by atoms with E-state index in [-0.39, 0.29) is 0 Å². The Labute approximate surface area is 117 Å². The smallest absolute Gasteiger partial charge is 0.0628 e. The van der Waals surface area contributed by atoms with Crippen LogP contribution in [0.3, 0.4) is 0 Å². The summed E-state index contributed by atoms with van der Waals surface area (Å²) in [5.74, 6) is 0. The molecule has 4 nitrogen and oxygen atoms in total. The number of aryl methyl sites for hydroxylation is 2. The number of ether oxygens (including phenoxy) is 1. The Balaban J connectivity index is 2.50. The maximum atomic E-state index is 5.67. The highest BCUT2D eigenvalue weighted by Crippen LogP contribution is 2.15. The molecule has 19 heavy (non-hydrogen) atoms. The summed E-state index contributed by atoms with van der Waals surface area (Å²) in [6.45, 7) is 11.2. The van der Waals surface area contributed by atoms with Gasteiger partial charge in [0, 0.05) is 25.4 Å². The standard InChI is InChI=1S/C15H29N3O/c1-6-10-19-11-14(16-7-2)8-9-15-12(3)17-18(5)13(15)4/h14,16H,6-11H2,1-5H3. The number of nitrogens with zero attached hydrogens (tertiary/aromatic N) is 2. The Hall–Kier alpha value is -0.870. The van der Waals surface area contributed by atoms with Crippen LogP contribution in [0.4, 0.5) is 0 Å². The van der Waals surface area contributed by atoms with E-state index in [9.17, 15) is 0 Å². The monoisotopic (exact) mass is 267 g/mol. The van der Waals surface area contributed by atoms with E-state index in [1.54, 1.807) is 0 Å². The highest BCUT2D eigenvalue weighted by Gasteiger charge is 2.13. The Morgan fingerprint density at radius 1 is 1.32 bits per heavy atom. The van der Waals surface area contributed by atoms with Gasteiger partial charge >= 0.3 is 0 Å². The molecule has 1 unspecified atom stereocenters. The number of hydrogen-bond acceptors (Lipinski definition) is 3. The fourth-order valence-corrected chi connectivity index (χ4v) is 2.40. The van der Waals surface area contributed by atoms with Gasteiger partial charge in [-0.2, -0.15) is 5.10 Å². The average molecular weight is 267 g/mol. The minimum atomic E-state index is 0.440. The average Bonchev–Trinajstić information content (AvgIpc) is 2.61. The number of hydrogen-bond donors (Lipinski definition) is 1. The third-order valence-electron chi connectivity index (χ3n) is 3.56. The van der Waals surface area contributed by atoms with Crippen molar-refractivity contribution < 1.29 is 4.74 Å². The Morgan fingerprint density at radius 3 is 2.58 bits per heavy atom. The number of rotatable bonds is 9. The summed E-state index contributed by atoms with van der Waals surface area (Å²) in [6, 6.07) is 0.440. The van der Waals surface area contributed by atoms with Crippen molar-refractivity contribution in [3.8, 4) is 0 Å². The molecule has 110 valence electrons. The topological polar surface area (TPSA) is 39.1 Å². The van der Waals surface area contributed by atoms with Crippen LogP contribution in [-0.2, 0) is 18.2 Å². The molecule has 0 aliphatic carbocycles. The van der Waals surface area contributed by atoms with E-state index in [1.165, 1.54) is 11.3 Å². The van der Waals surface area contributed by atoms with Crippen LogP contribution in [0.15, 0.2) is 0 Å². The van der Waals surface area contributed by atoms with Gasteiger partial charge in [0.25, 0.3) is 0 Å². The lowest BCUT2D eigenvalue weighted by atomic mass is 10.0. The van der Waals surface area contributed by atoms with Crippen LogP contribution in [0.2, 0.25) is 0 Å². The zero-order chi connectivity index (χ0) is 14.3. The summed E-state index contributed by atoms with van der Waals surface area (Å²) in [5.41, 5.74) is 3.83. The second-order valence-corrected chi connectivity index (χ2v) is 5.14. The minimum absolute atomic E-state index is 0.440. The molecule has 4 heteroatoms. The SMILES string of the molecule is CCCOCC(CCc1c(C)nn(C)c1C)NCC. The van der Waals surface area contributed by atoms with Crippen LogP contribution in [0.5, 0.6) is 0 Å². The highest BCUT2D eigenvalue weighted by molar-refractivity contribution is 5.24. The second kappa shape index (κ2) is 8.33. The van der Waals surface area contributed by atoms with Gasteiger partial charge in [0.15, 0.2) is 0 Å². The Bertz CT molecular complexity index is 374. The quantitative estimate of drug-likeness (QED) is 0.698. The van der Waals surface area contributed by atoms with E-state index in [0.29, 0.717) is 6.04 Å². The normalized spacial score (nSPS) is 12.9. The van der Waals surface area contributed by atoms with Gasteiger partial charge in [0.05, 0.1) is 12.3 Å². The van der Waals surface area contributed by atoms with Crippen molar-refractivity contribution in [3.63, 3.8) is 0 Å². The largest absolute Gasteiger partial charge is 0.380 e. The first kappa shape index (κ1) is 16.2. The lowest BCUT2D eigenvalue weighted by Gasteiger charge is -2.18. The summed E-state index contributed by atoms with van der Waals surface area (Å²) in [7, 11) is 2.01. The molecule has 1 aromatic rings. The predicted octanol–water partition coefficient (Wildman–Crippen LogP) is 2.37. The van der Waals surface area contributed by atoms with Crippen LogP contribution in [-0.4, -0.2) is 35.6 Å². The van der Waals surface area contributed by atoms with Crippen LogP contribution < -0.4 is 5.32 Å². The van der Waals surface area contributed by atoms with Crippen molar-refractivity contribution in [1.82, 2.24) is 15.1 Å². The first-order valence-electron chi connectivity index (χ1n) is 7.40. The van der Waals surface area contributed by atoms with E-state index < -0.39 is 0 Å². The number of aromatic nitrogens is 2. The minimum Gasteiger partial charge on any atom is -0.380 e. The molecule has 0 fully saturated rings. The van der Waals surface area contributed by atoms with E-state index in [1.807, 2.05) is 11.7 Å². The Morgan fingerprint density at radius 2 is 2.05 bits per heavy atom. The van der Waals surface area contributed by atoms with Crippen molar-refractivity contribution >= 4 is 0 Å². The number of likely N-dealkylation sites (N-methyl/N-ethyl adjacent to an activating group) is 1. The van der Waals surface area contributed by atoms with Gasteiger partial charge in [-0.1, -0.05) is 13.8 Å². The van der Waals surface area contributed by atoms with Crippen LogP contribution in [0.25, 0.3) is 0 Å². The third-order valence-corrected chi connectivity index (χ3v) is 3.56. The summed E-state index contributed by atoms with van der Waals surface area (Å²) in [5, 5.41) is 7.98. The van der Waals surface area contributed by atoms with Gasteiger partial charge in [-0.3, -0.25) is 4.68 Å². The fourth-order valence-electron chi connectivity index (χ4n) is 2.40. The van der Waals surface area contributed by atoms with Crippen LogP contribution in [0.1, 0.15) is 43.6 Å². The summed E-state index contributed by atoms with van der Waals surface area (Å²) < 4.78 is 7.64. The summed E-state index contributed by atoms with van der Waals surface area (Å²) in [4.78, 5) is 0. The molecular weight excluding hydrogens is 238 g/mol. The van der Waals surface area contributed by atoms with Crippen molar-refractivity contribution in [3.05, 3.63) is 17.0 Å². The molecule has 0 radical (unpaired) electrons. The molecule has 1 atom stereocenters. The van der Waals surface area contributed by atoms with Gasteiger partial charge in [-0.15, -0.1) is 0 Å². The highest BCUT2D eigenvalue weighted by atomic mass is 16.5. The summed E-state index contributed by atoms with van der Waals surface area (Å²) >= 11 is 0. The zero-order valence-electron chi connectivity index (χ0n) is 13.1. The van der Waals surface area contributed by atoms with Gasteiger partial charge in [-0.05, 0) is 45.2 Å². The van der Waals surface area contributed by atoms with E-state index >= 15 is 0 Å². The molecule has 0 amide bonds. The molecule has 0 spiro atoms. The van der Waals surface area contributed by atoms with E-state index in [0.717, 1.165) is 44.7 Å².